The fourth-order valence-corrected chi connectivity index (χ4v) is 3.28. The van der Waals surface area contributed by atoms with E-state index in [-0.39, 0.29) is 11.9 Å². The minimum Gasteiger partial charge on any atom is -0.356 e. The molecule has 0 fully saturated rings. The van der Waals surface area contributed by atoms with E-state index in [1.807, 2.05) is 61.2 Å². The van der Waals surface area contributed by atoms with E-state index >= 15 is 0 Å². The minimum absolute atomic E-state index is 0.0309. The van der Waals surface area contributed by atoms with Gasteiger partial charge in [-0.3, -0.25) is 9.79 Å². The summed E-state index contributed by atoms with van der Waals surface area (Å²) in [6.45, 7) is 5.49. The van der Waals surface area contributed by atoms with Crippen molar-refractivity contribution in [3.8, 4) is 0 Å². The largest absolute Gasteiger partial charge is 0.356 e. The summed E-state index contributed by atoms with van der Waals surface area (Å²) in [5, 5.41) is 9.62. The van der Waals surface area contributed by atoms with Crippen LogP contribution in [0.5, 0.6) is 0 Å². The number of benzene rings is 2. The Labute approximate surface area is 172 Å². The maximum atomic E-state index is 12.3. The highest BCUT2D eigenvalue weighted by Crippen LogP contribution is 2.15. The van der Waals surface area contributed by atoms with Gasteiger partial charge in [0.2, 0.25) is 0 Å². The fraction of sp³-hybridized carbons (Fsp3) is 0.364. The molecule has 3 N–H and O–H groups in total. The van der Waals surface area contributed by atoms with Crippen molar-refractivity contribution < 1.29 is 4.79 Å². The number of amides is 1. The first-order valence-corrected chi connectivity index (χ1v) is 10.6. The van der Waals surface area contributed by atoms with Gasteiger partial charge in [0, 0.05) is 42.4 Å². The van der Waals surface area contributed by atoms with Crippen LogP contribution in [0.15, 0.2) is 64.5 Å². The lowest BCUT2D eigenvalue weighted by molar-refractivity contribution is 0.0939. The van der Waals surface area contributed by atoms with E-state index in [4.69, 9.17) is 0 Å². The molecule has 0 aliphatic carbocycles. The number of aliphatic imine (C=N–C) groups is 1. The third kappa shape index (κ3) is 7.64. The summed E-state index contributed by atoms with van der Waals surface area (Å²) in [6, 6.07) is 18.2. The Morgan fingerprint density at radius 3 is 2.61 bits per heavy atom. The average molecular weight is 399 g/mol. The summed E-state index contributed by atoms with van der Waals surface area (Å²) in [4.78, 5) is 17.8. The first-order valence-electron chi connectivity index (χ1n) is 9.64. The Morgan fingerprint density at radius 2 is 1.89 bits per heavy atom. The van der Waals surface area contributed by atoms with Gasteiger partial charge >= 0.3 is 0 Å². The maximum Gasteiger partial charge on any atom is 0.251 e. The predicted molar refractivity (Wildman–Crippen MR) is 119 cm³/mol. The van der Waals surface area contributed by atoms with E-state index in [1.54, 1.807) is 7.05 Å². The molecule has 1 unspecified atom stereocenters. The van der Waals surface area contributed by atoms with Crippen LogP contribution in [0.4, 0.5) is 0 Å². The molecule has 0 spiro atoms. The van der Waals surface area contributed by atoms with Gasteiger partial charge in [0.15, 0.2) is 5.96 Å². The molecule has 28 heavy (non-hydrogen) atoms. The van der Waals surface area contributed by atoms with Crippen LogP contribution >= 0.6 is 11.8 Å². The van der Waals surface area contributed by atoms with E-state index in [2.05, 4.69) is 40.0 Å². The number of hydrogen-bond donors (Lipinski definition) is 3. The third-order valence-corrected chi connectivity index (χ3v) is 5.28. The van der Waals surface area contributed by atoms with E-state index in [9.17, 15) is 4.79 Å². The maximum absolute atomic E-state index is 12.3. The zero-order valence-electron chi connectivity index (χ0n) is 16.9. The molecule has 0 bridgehead atoms. The second-order valence-electron chi connectivity index (χ2n) is 6.50. The van der Waals surface area contributed by atoms with Gasteiger partial charge in [-0.05, 0) is 43.2 Å². The van der Waals surface area contributed by atoms with Gasteiger partial charge in [0.1, 0.15) is 0 Å². The molecule has 0 saturated carbocycles. The van der Waals surface area contributed by atoms with Crippen LogP contribution < -0.4 is 16.0 Å². The quantitative estimate of drug-likeness (QED) is 0.261. The highest BCUT2D eigenvalue weighted by molar-refractivity contribution is 7.99. The first kappa shape index (κ1) is 21.8. The lowest BCUT2D eigenvalue weighted by atomic mass is 10.1. The molecule has 0 saturated heterocycles. The predicted octanol–water partition coefficient (Wildman–Crippen LogP) is 3.67. The Kier molecular flexibility index (Phi) is 9.42. The number of carbonyl (C=O) groups is 1. The number of rotatable bonds is 9. The Balaban J connectivity index is 1.78. The van der Waals surface area contributed by atoms with Crippen LogP contribution in [-0.4, -0.2) is 37.3 Å². The monoisotopic (exact) mass is 398 g/mol. The van der Waals surface area contributed by atoms with Crippen LogP contribution in [0, 0.1) is 0 Å². The number of nitrogens with zero attached hydrogens (tertiary/aromatic N) is 1. The smallest absolute Gasteiger partial charge is 0.251 e. The molecule has 1 amide bonds. The molecule has 5 nitrogen and oxygen atoms in total. The van der Waals surface area contributed by atoms with Gasteiger partial charge in [0.25, 0.3) is 5.91 Å². The van der Waals surface area contributed by atoms with Crippen LogP contribution in [0.1, 0.15) is 36.2 Å². The van der Waals surface area contributed by atoms with Gasteiger partial charge in [-0.1, -0.05) is 37.3 Å². The minimum atomic E-state index is -0.0309. The number of hydrogen-bond acceptors (Lipinski definition) is 3. The van der Waals surface area contributed by atoms with Gasteiger partial charge in [-0.2, -0.15) is 0 Å². The molecule has 2 rings (SSSR count). The molecule has 2 aromatic rings. The summed E-state index contributed by atoms with van der Waals surface area (Å²) in [5.41, 5.74) is 1.72. The SMILES string of the molecule is CCC(C)NC(=O)c1cccc(CNC(=NC)NCCSc2ccccc2)c1. The van der Waals surface area contributed by atoms with Crippen molar-refractivity contribution >= 4 is 23.6 Å². The Bertz CT molecular complexity index is 764. The zero-order chi connectivity index (χ0) is 20.2. The third-order valence-electron chi connectivity index (χ3n) is 4.27. The topological polar surface area (TPSA) is 65.5 Å². The van der Waals surface area contributed by atoms with E-state index in [1.165, 1.54) is 4.90 Å². The number of guanidine groups is 1. The normalized spacial score (nSPS) is 12.3. The molecule has 0 aliphatic heterocycles. The number of thioether (sulfide) groups is 1. The highest BCUT2D eigenvalue weighted by Gasteiger charge is 2.09. The van der Waals surface area contributed by atoms with Gasteiger partial charge in [-0.15, -0.1) is 11.8 Å². The van der Waals surface area contributed by atoms with Gasteiger partial charge in [-0.25, -0.2) is 0 Å². The Hall–Kier alpha value is -2.47. The van der Waals surface area contributed by atoms with Crippen molar-refractivity contribution in [2.24, 2.45) is 4.99 Å². The van der Waals surface area contributed by atoms with Gasteiger partial charge < -0.3 is 16.0 Å². The summed E-state index contributed by atoms with van der Waals surface area (Å²) in [5.74, 6) is 1.68. The lowest BCUT2D eigenvalue weighted by Crippen LogP contribution is -2.38. The van der Waals surface area contributed by atoms with Crippen LogP contribution in [0.25, 0.3) is 0 Å². The van der Waals surface area contributed by atoms with Crippen LogP contribution in [0.2, 0.25) is 0 Å². The molecule has 0 heterocycles. The van der Waals surface area contributed by atoms with Crippen LogP contribution in [0.3, 0.4) is 0 Å². The first-order chi connectivity index (χ1) is 13.6. The molecule has 0 radical (unpaired) electrons. The summed E-state index contributed by atoms with van der Waals surface area (Å²) >= 11 is 1.81. The zero-order valence-corrected chi connectivity index (χ0v) is 17.7. The molecule has 0 aromatic heterocycles. The molecule has 2 aromatic carbocycles. The number of nitrogens with one attached hydrogen (secondary N) is 3. The van der Waals surface area contributed by atoms with Crippen LogP contribution in [-0.2, 0) is 6.54 Å². The summed E-state index contributed by atoms with van der Waals surface area (Å²) in [7, 11) is 1.76. The number of carbonyl (C=O) groups excluding carboxylic acids is 1. The molecule has 6 heteroatoms. The van der Waals surface area contributed by atoms with Gasteiger partial charge in [0.05, 0.1) is 0 Å². The summed E-state index contributed by atoms with van der Waals surface area (Å²) < 4.78 is 0. The summed E-state index contributed by atoms with van der Waals surface area (Å²) in [6.07, 6.45) is 0.914. The second kappa shape index (κ2) is 12.1. The Morgan fingerprint density at radius 1 is 1.11 bits per heavy atom. The molecular formula is C22H30N4OS. The fourth-order valence-electron chi connectivity index (χ4n) is 2.49. The molecular weight excluding hydrogens is 368 g/mol. The van der Waals surface area contributed by atoms with Crippen molar-refractivity contribution in [3.63, 3.8) is 0 Å². The molecule has 1 atom stereocenters. The van der Waals surface area contributed by atoms with Crippen molar-refractivity contribution in [1.29, 1.82) is 0 Å². The van der Waals surface area contributed by atoms with E-state index < -0.39 is 0 Å². The van der Waals surface area contributed by atoms with E-state index in [0.29, 0.717) is 12.1 Å². The highest BCUT2D eigenvalue weighted by atomic mass is 32.2. The molecule has 0 aliphatic rings. The second-order valence-corrected chi connectivity index (χ2v) is 7.67. The lowest BCUT2D eigenvalue weighted by Gasteiger charge is -2.14. The standard InChI is InChI=1S/C22H30N4OS/c1-4-17(2)26-21(27)19-10-8-9-18(15-19)16-25-22(23-3)24-13-14-28-20-11-6-5-7-12-20/h5-12,15,17H,4,13-14,16H2,1-3H3,(H,26,27)(H2,23,24,25). The van der Waals surface area contributed by atoms with E-state index in [0.717, 1.165) is 30.2 Å². The van der Waals surface area contributed by atoms with Crippen molar-refractivity contribution in [2.75, 3.05) is 19.3 Å². The average Bonchev–Trinajstić information content (AvgIpc) is 2.74. The van der Waals surface area contributed by atoms with Crippen molar-refractivity contribution in [2.45, 2.75) is 37.8 Å². The molecule has 150 valence electrons. The van der Waals surface area contributed by atoms with Crippen molar-refractivity contribution in [1.82, 2.24) is 16.0 Å². The van der Waals surface area contributed by atoms with Crippen molar-refractivity contribution in [3.05, 3.63) is 65.7 Å².